The van der Waals surface area contributed by atoms with Crippen LogP contribution in [0, 0.1) is 6.92 Å². The second-order valence-electron chi connectivity index (χ2n) is 5.12. The van der Waals surface area contributed by atoms with Crippen molar-refractivity contribution >= 4 is 0 Å². The monoisotopic (exact) mass is 269 g/mol. The van der Waals surface area contributed by atoms with Crippen LogP contribution in [0.4, 0.5) is 0 Å². The van der Waals surface area contributed by atoms with Gasteiger partial charge >= 0.3 is 0 Å². The summed E-state index contributed by atoms with van der Waals surface area (Å²) in [7, 11) is 0. The van der Waals surface area contributed by atoms with E-state index in [1.165, 1.54) is 11.1 Å². The van der Waals surface area contributed by atoms with Gasteiger partial charge in [0.15, 0.2) is 0 Å². The summed E-state index contributed by atoms with van der Waals surface area (Å²) in [6.45, 7) is 2.79. The van der Waals surface area contributed by atoms with Crippen LogP contribution < -0.4 is 11.3 Å². The lowest BCUT2D eigenvalue weighted by molar-refractivity contribution is 0.0145. The average molecular weight is 269 g/mol. The second-order valence-corrected chi connectivity index (χ2v) is 5.12. The van der Waals surface area contributed by atoms with E-state index in [9.17, 15) is 0 Å². The topological polar surface area (TPSA) is 60.2 Å². The van der Waals surface area contributed by atoms with Gasteiger partial charge < -0.3 is 4.74 Å². The van der Waals surface area contributed by atoms with Gasteiger partial charge in [0, 0.05) is 12.4 Å². The summed E-state index contributed by atoms with van der Waals surface area (Å²) in [5.41, 5.74) is 7.70. The maximum absolute atomic E-state index is 6.00. The van der Waals surface area contributed by atoms with Crippen LogP contribution in [-0.4, -0.2) is 11.6 Å². The SMILES string of the molecule is Cc1ccncc1C(NN)C1OCCc2ccccc21. The summed E-state index contributed by atoms with van der Waals surface area (Å²) in [4.78, 5) is 4.21. The molecule has 0 amide bonds. The Morgan fingerprint density at radius 3 is 3.00 bits per heavy atom. The zero-order valence-electron chi connectivity index (χ0n) is 11.5. The van der Waals surface area contributed by atoms with Crippen LogP contribution in [-0.2, 0) is 11.2 Å². The van der Waals surface area contributed by atoms with Crippen LogP contribution in [0.15, 0.2) is 42.7 Å². The number of hydrogen-bond donors (Lipinski definition) is 2. The van der Waals surface area contributed by atoms with Crippen molar-refractivity contribution in [1.82, 2.24) is 10.4 Å². The van der Waals surface area contributed by atoms with Gasteiger partial charge in [0.2, 0.25) is 0 Å². The highest BCUT2D eigenvalue weighted by Crippen LogP contribution is 2.37. The Balaban J connectivity index is 2.01. The molecule has 3 N–H and O–H groups in total. The van der Waals surface area contributed by atoms with Crippen LogP contribution in [0.3, 0.4) is 0 Å². The molecule has 0 radical (unpaired) electrons. The highest BCUT2D eigenvalue weighted by molar-refractivity contribution is 5.35. The number of hydrogen-bond acceptors (Lipinski definition) is 4. The molecule has 0 saturated carbocycles. The number of nitrogens with one attached hydrogen (secondary N) is 1. The fourth-order valence-electron chi connectivity index (χ4n) is 2.84. The number of nitrogens with zero attached hydrogens (tertiary/aromatic N) is 1. The highest BCUT2D eigenvalue weighted by Gasteiger charge is 2.30. The van der Waals surface area contributed by atoms with E-state index >= 15 is 0 Å². The minimum absolute atomic E-state index is 0.0761. The molecule has 0 spiro atoms. The average Bonchev–Trinajstić information content (AvgIpc) is 2.50. The number of fused-ring (bicyclic) bond motifs is 1. The van der Waals surface area contributed by atoms with Crippen molar-refractivity contribution in [2.45, 2.75) is 25.5 Å². The Kier molecular flexibility index (Phi) is 3.78. The van der Waals surface area contributed by atoms with Crippen molar-refractivity contribution in [3.8, 4) is 0 Å². The molecule has 0 saturated heterocycles. The van der Waals surface area contributed by atoms with E-state index in [1.807, 2.05) is 18.3 Å². The van der Waals surface area contributed by atoms with Crippen LogP contribution in [0.5, 0.6) is 0 Å². The smallest absolute Gasteiger partial charge is 0.104 e. The van der Waals surface area contributed by atoms with Gasteiger partial charge in [0.05, 0.1) is 12.6 Å². The predicted molar refractivity (Wildman–Crippen MR) is 77.9 cm³/mol. The first-order valence-corrected chi connectivity index (χ1v) is 6.87. The molecule has 1 aromatic heterocycles. The van der Waals surface area contributed by atoms with E-state index in [4.69, 9.17) is 10.6 Å². The van der Waals surface area contributed by atoms with Crippen molar-refractivity contribution in [2.24, 2.45) is 5.84 Å². The number of aromatic nitrogens is 1. The molecule has 0 fully saturated rings. The molecule has 1 aromatic carbocycles. The number of ether oxygens (including phenoxy) is 1. The zero-order valence-corrected chi connectivity index (χ0v) is 11.5. The molecule has 2 heterocycles. The van der Waals surface area contributed by atoms with Gasteiger partial charge in [-0.1, -0.05) is 24.3 Å². The molecule has 3 rings (SSSR count). The molecular formula is C16H19N3O. The molecule has 1 aliphatic rings. The van der Waals surface area contributed by atoms with Gasteiger partial charge in [0.25, 0.3) is 0 Å². The molecular weight excluding hydrogens is 250 g/mol. The number of pyridine rings is 1. The van der Waals surface area contributed by atoms with Gasteiger partial charge in [-0.25, -0.2) is 5.43 Å². The molecule has 0 bridgehead atoms. The number of benzene rings is 1. The first-order valence-electron chi connectivity index (χ1n) is 6.87. The van der Waals surface area contributed by atoms with E-state index in [1.54, 1.807) is 6.20 Å². The summed E-state index contributed by atoms with van der Waals surface area (Å²) in [6.07, 6.45) is 4.53. The maximum atomic E-state index is 6.00. The lowest BCUT2D eigenvalue weighted by atomic mass is 9.89. The van der Waals surface area contributed by atoms with Crippen LogP contribution in [0.1, 0.15) is 34.4 Å². The van der Waals surface area contributed by atoms with E-state index < -0.39 is 0 Å². The Bertz CT molecular complexity index is 600. The van der Waals surface area contributed by atoms with Gasteiger partial charge in [-0.3, -0.25) is 10.8 Å². The molecule has 0 aliphatic carbocycles. The fraction of sp³-hybridized carbons (Fsp3) is 0.312. The highest BCUT2D eigenvalue weighted by atomic mass is 16.5. The van der Waals surface area contributed by atoms with Crippen molar-refractivity contribution < 1.29 is 4.74 Å². The summed E-state index contributed by atoms with van der Waals surface area (Å²) < 4.78 is 6.00. The number of nitrogens with two attached hydrogens (primary N) is 1. The molecule has 4 nitrogen and oxygen atoms in total. The molecule has 20 heavy (non-hydrogen) atoms. The minimum atomic E-state index is -0.0925. The first-order chi connectivity index (χ1) is 9.81. The van der Waals surface area contributed by atoms with Gasteiger partial charge in [-0.15, -0.1) is 0 Å². The van der Waals surface area contributed by atoms with Crippen molar-refractivity contribution in [3.63, 3.8) is 0 Å². The summed E-state index contributed by atoms with van der Waals surface area (Å²) in [5.74, 6) is 5.80. The molecule has 2 atom stereocenters. The Morgan fingerprint density at radius 1 is 1.35 bits per heavy atom. The number of rotatable bonds is 3. The Morgan fingerprint density at radius 2 is 2.20 bits per heavy atom. The summed E-state index contributed by atoms with van der Waals surface area (Å²) in [6, 6.07) is 10.3. The third kappa shape index (κ3) is 2.33. The second kappa shape index (κ2) is 5.71. The number of hydrazine groups is 1. The Labute approximate surface area is 119 Å². The van der Waals surface area contributed by atoms with Crippen LogP contribution in [0.2, 0.25) is 0 Å². The van der Waals surface area contributed by atoms with Gasteiger partial charge in [-0.2, -0.15) is 0 Å². The lowest BCUT2D eigenvalue weighted by Gasteiger charge is -2.32. The third-order valence-corrected chi connectivity index (χ3v) is 3.93. The van der Waals surface area contributed by atoms with Gasteiger partial charge in [-0.05, 0) is 41.7 Å². The summed E-state index contributed by atoms with van der Waals surface area (Å²) in [5, 5.41) is 0. The molecule has 1 aliphatic heterocycles. The zero-order chi connectivity index (χ0) is 13.9. The van der Waals surface area contributed by atoms with E-state index in [2.05, 4.69) is 35.5 Å². The largest absolute Gasteiger partial charge is 0.371 e. The quantitative estimate of drug-likeness (QED) is 0.662. The van der Waals surface area contributed by atoms with Crippen LogP contribution in [0.25, 0.3) is 0 Å². The normalized spacial score (nSPS) is 19.4. The predicted octanol–water partition coefficient (Wildman–Crippen LogP) is 2.21. The number of aryl methyl sites for hydroxylation is 1. The Hall–Kier alpha value is -1.75. The van der Waals surface area contributed by atoms with E-state index in [0.29, 0.717) is 0 Å². The first kappa shape index (κ1) is 13.2. The molecule has 104 valence electrons. The van der Waals surface area contributed by atoms with Gasteiger partial charge in [0.1, 0.15) is 6.10 Å². The molecule has 2 unspecified atom stereocenters. The van der Waals surface area contributed by atoms with E-state index in [0.717, 1.165) is 24.2 Å². The van der Waals surface area contributed by atoms with Crippen LogP contribution >= 0.6 is 0 Å². The van der Waals surface area contributed by atoms with Crippen molar-refractivity contribution in [3.05, 3.63) is 65.0 Å². The summed E-state index contributed by atoms with van der Waals surface area (Å²) >= 11 is 0. The molecule has 4 heteroatoms. The van der Waals surface area contributed by atoms with E-state index in [-0.39, 0.29) is 12.1 Å². The minimum Gasteiger partial charge on any atom is -0.371 e. The lowest BCUT2D eigenvalue weighted by Crippen LogP contribution is -2.36. The van der Waals surface area contributed by atoms with Crippen molar-refractivity contribution in [1.29, 1.82) is 0 Å². The maximum Gasteiger partial charge on any atom is 0.104 e. The van der Waals surface area contributed by atoms with Crippen molar-refractivity contribution in [2.75, 3.05) is 6.61 Å². The standard InChI is InChI=1S/C16H19N3O/c1-11-6-8-18-10-14(11)15(19-17)16-13-5-3-2-4-12(13)7-9-20-16/h2-6,8,10,15-16,19H,7,9,17H2,1H3. The fourth-order valence-corrected chi connectivity index (χ4v) is 2.84. The molecule has 2 aromatic rings. The third-order valence-electron chi connectivity index (χ3n) is 3.93.